The van der Waals surface area contributed by atoms with Gasteiger partial charge in [-0.2, -0.15) is 0 Å². The lowest BCUT2D eigenvalue weighted by atomic mass is 9.48. The van der Waals surface area contributed by atoms with Crippen molar-refractivity contribution in [2.24, 2.45) is 17.3 Å². The maximum atomic E-state index is 12.9. The first-order chi connectivity index (χ1) is 12.4. The Morgan fingerprint density at radius 2 is 1.65 bits per heavy atom. The number of benzene rings is 1. The molecule has 4 saturated carbocycles. The molecule has 6 nitrogen and oxygen atoms in total. The van der Waals surface area contributed by atoms with Crippen molar-refractivity contribution >= 4 is 17.8 Å². The van der Waals surface area contributed by atoms with Crippen LogP contribution in [-0.4, -0.2) is 40.1 Å². The molecule has 0 spiro atoms. The zero-order valence-corrected chi connectivity index (χ0v) is 14.4. The second-order valence-corrected chi connectivity index (χ2v) is 8.61. The number of aliphatic hydroxyl groups is 1. The number of fused-ring (bicyclic) bond motifs is 1. The van der Waals surface area contributed by atoms with E-state index in [1.165, 1.54) is 0 Å². The number of ether oxygens (including phenoxy) is 1. The van der Waals surface area contributed by atoms with E-state index in [0.717, 1.165) is 37.0 Å². The number of carbonyl (C=O) groups is 3. The minimum absolute atomic E-state index is 0.345. The van der Waals surface area contributed by atoms with Gasteiger partial charge in [-0.3, -0.25) is 14.4 Å². The molecule has 4 bridgehead atoms. The lowest BCUT2D eigenvalue weighted by molar-refractivity contribution is -0.197. The van der Waals surface area contributed by atoms with Gasteiger partial charge >= 0.3 is 5.97 Å². The van der Waals surface area contributed by atoms with E-state index in [1.807, 2.05) is 0 Å². The summed E-state index contributed by atoms with van der Waals surface area (Å²) in [4.78, 5) is 38.7. The fourth-order valence-corrected chi connectivity index (χ4v) is 6.09. The first-order valence-electron chi connectivity index (χ1n) is 9.24. The van der Waals surface area contributed by atoms with Crippen molar-refractivity contribution in [1.29, 1.82) is 0 Å². The number of rotatable bonds is 3. The molecule has 2 unspecified atom stereocenters. The van der Waals surface area contributed by atoms with Gasteiger partial charge in [0.25, 0.3) is 11.8 Å². The fraction of sp³-hybridized carbons (Fsp3) is 0.550. The number of nitrogens with zero attached hydrogens (tertiary/aromatic N) is 1. The summed E-state index contributed by atoms with van der Waals surface area (Å²) in [6.45, 7) is -0.360. The summed E-state index contributed by atoms with van der Waals surface area (Å²) in [5.74, 6) is -0.493. The largest absolute Gasteiger partial charge is 0.443 e. The van der Waals surface area contributed by atoms with Crippen molar-refractivity contribution in [2.75, 3.05) is 6.73 Å². The van der Waals surface area contributed by atoms with E-state index in [4.69, 9.17) is 4.74 Å². The van der Waals surface area contributed by atoms with Crippen LogP contribution in [0.3, 0.4) is 0 Å². The molecule has 5 aliphatic rings. The summed E-state index contributed by atoms with van der Waals surface area (Å²) in [6, 6.07) is 6.61. The normalized spacial score (nSPS) is 37.2. The molecule has 136 valence electrons. The summed E-state index contributed by atoms with van der Waals surface area (Å²) >= 11 is 0. The second kappa shape index (κ2) is 5.16. The van der Waals surface area contributed by atoms with Crippen molar-refractivity contribution in [1.82, 2.24) is 4.90 Å². The molecule has 0 saturated heterocycles. The minimum Gasteiger partial charge on any atom is -0.443 e. The van der Waals surface area contributed by atoms with Crippen molar-refractivity contribution in [2.45, 2.75) is 44.1 Å². The lowest BCUT2D eigenvalue weighted by Crippen LogP contribution is -2.58. The summed E-state index contributed by atoms with van der Waals surface area (Å²) < 4.78 is 5.46. The van der Waals surface area contributed by atoms with Crippen LogP contribution in [0.15, 0.2) is 24.3 Å². The summed E-state index contributed by atoms with van der Waals surface area (Å²) in [5, 5.41) is 10.8. The van der Waals surface area contributed by atoms with Crippen LogP contribution in [0.2, 0.25) is 0 Å². The molecule has 1 aromatic carbocycles. The molecule has 0 aromatic heterocycles. The highest BCUT2D eigenvalue weighted by Gasteiger charge is 2.61. The molecule has 1 aliphatic heterocycles. The van der Waals surface area contributed by atoms with Crippen LogP contribution in [-0.2, 0) is 9.53 Å². The maximum absolute atomic E-state index is 12.9. The molecule has 2 amide bonds. The Bertz CT molecular complexity index is 782. The van der Waals surface area contributed by atoms with Gasteiger partial charge in [0.05, 0.1) is 22.1 Å². The smallest absolute Gasteiger partial charge is 0.313 e. The van der Waals surface area contributed by atoms with Crippen molar-refractivity contribution in [3.63, 3.8) is 0 Å². The van der Waals surface area contributed by atoms with Crippen LogP contribution in [0.25, 0.3) is 0 Å². The van der Waals surface area contributed by atoms with Crippen molar-refractivity contribution in [3.8, 4) is 0 Å². The minimum atomic E-state index is -0.751. The Kier molecular flexibility index (Phi) is 3.18. The summed E-state index contributed by atoms with van der Waals surface area (Å²) in [7, 11) is 0. The predicted octanol–water partition coefficient (Wildman–Crippen LogP) is 2.11. The zero-order chi connectivity index (χ0) is 18.1. The topological polar surface area (TPSA) is 83.9 Å². The maximum Gasteiger partial charge on any atom is 0.313 e. The van der Waals surface area contributed by atoms with Crippen LogP contribution < -0.4 is 0 Å². The number of hydrogen-bond acceptors (Lipinski definition) is 5. The third kappa shape index (κ3) is 2.18. The number of hydrogen-bond donors (Lipinski definition) is 1. The van der Waals surface area contributed by atoms with E-state index in [-0.39, 0.29) is 12.7 Å². The van der Waals surface area contributed by atoms with Gasteiger partial charge in [0.1, 0.15) is 0 Å². The van der Waals surface area contributed by atoms with E-state index in [0.29, 0.717) is 29.4 Å². The van der Waals surface area contributed by atoms with Crippen LogP contribution in [0.5, 0.6) is 0 Å². The molecule has 1 N–H and O–H groups in total. The number of esters is 1. The summed E-state index contributed by atoms with van der Waals surface area (Å²) in [6.07, 6.45) is 4.55. The van der Waals surface area contributed by atoms with Crippen LogP contribution >= 0.6 is 0 Å². The monoisotopic (exact) mass is 355 g/mol. The molecular weight excluding hydrogens is 334 g/mol. The van der Waals surface area contributed by atoms with E-state index in [1.54, 1.807) is 24.3 Å². The standard InChI is InChI=1S/C20H21NO5/c22-16-14-3-1-2-4-15(14)17(23)21(16)11-26-18(24)19-6-12-5-13(7-19)9-20(25,8-12)10-19/h1-4,12-13,25H,5-11H2/t12-,13+,19?,20?. The van der Waals surface area contributed by atoms with Crippen molar-refractivity contribution in [3.05, 3.63) is 35.4 Å². The van der Waals surface area contributed by atoms with Crippen LogP contribution in [0.1, 0.15) is 59.2 Å². The Morgan fingerprint density at radius 3 is 2.19 bits per heavy atom. The number of amides is 2. The van der Waals surface area contributed by atoms with Gasteiger partial charge in [0.15, 0.2) is 6.73 Å². The Labute approximate surface area is 151 Å². The van der Waals surface area contributed by atoms with Gasteiger partial charge in [0.2, 0.25) is 0 Å². The molecule has 26 heavy (non-hydrogen) atoms. The second-order valence-electron chi connectivity index (χ2n) is 8.61. The molecule has 1 aromatic rings. The first-order valence-corrected chi connectivity index (χ1v) is 9.24. The van der Waals surface area contributed by atoms with Gasteiger partial charge in [-0.15, -0.1) is 0 Å². The average molecular weight is 355 g/mol. The van der Waals surface area contributed by atoms with Crippen molar-refractivity contribution < 1.29 is 24.2 Å². The van der Waals surface area contributed by atoms with Gasteiger partial charge in [0, 0.05) is 0 Å². The Morgan fingerprint density at radius 1 is 1.08 bits per heavy atom. The molecule has 4 aliphatic carbocycles. The molecule has 6 rings (SSSR count). The molecule has 0 radical (unpaired) electrons. The molecular formula is C20H21NO5. The zero-order valence-electron chi connectivity index (χ0n) is 14.4. The highest BCUT2D eigenvalue weighted by atomic mass is 16.5. The van der Waals surface area contributed by atoms with E-state index in [2.05, 4.69) is 0 Å². The third-order valence-corrected chi connectivity index (χ3v) is 6.67. The number of carbonyl (C=O) groups excluding carboxylic acids is 3. The van der Waals surface area contributed by atoms with E-state index >= 15 is 0 Å². The predicted molar refractivity (Wildman–Crippen MR) is 90.0 cm³/mol. The number of imide groups is 1. The molecule has 6 heteroatoms. The molecule has 1 heterocycles. The van der Waals surface area contributed by atoms with E-state index < -0.39 is 22.8 Å². The van der Waals surface area contributed by atoms with Crippen LogP contribution in [0, 0.1) is 17.3 Å². The van der Waals surface area contributed by atoms with Gasteiger partial charge < -0.3 is 9.84 Å². The quantitative estimate of drug-likeness (QED) is 0.663. The van der Waals surface area contributed by atoms with E-state index in [9.17, 15) is 19.5 Å². The lowest BCUT2D eigenvalue weighted by Gasteiger charge is -2.58. The summed E-state index contributed by atoms with van der Waals surface area (Å²) in [5.41, 5.74) is -0.717. The van der Waals surface area contributed by atoms with Gasteiger partial charge in [-0.25, -0.2) is 4.90 Å². The Balaban J connectivity index is 1.32. The highest BCUT2D eigenvalue weighted by Crippen LogP contribution is 2.62. The average Bonchev–Trinajstić information content (AvgIpc) is 2.82. The van der Waals surface area contributed by atoms with Gasteiger partial charge in [-0.1, -0.05) is 12.1 Å². The molecule has 4 fully saturated rings. The van der Waals surface area contributed by atoms with Crippen LogP contribution in [0.4, 0.5) is 0 Å². The van der Waals surface area contributed by atoms with Gasteiger partial charge in [-0.05, 0) is 62.5 Å². The fourth-order valence-electron chi connectivity index (χ4n) is 6.09. The third-order valence-electron chi connectivity index (χ3n) is 6.67. The molecule has 4 atom stereocenters. The Hall–Kier alpha value is -2.21. The first kappa shape index (κ1) is 16.0. The highest BCUT2D eigenvalue weighted by molar-refractivity contribution is 6.21. The SMILES string of the molecule is O=C1c2ccccc2C(=O)N1COC(=O)C12C[C@@H]3C[C@@H](CC(O)(C3)C1)C2.